The van der Waals surface area contributed by atoms with Crippen LogP contribution in [-0.2, 0) is 9.53 Å². The van der Waals surface area contributed by atoms with Crippen molar-refractivity contribution in [3.63, 3.8) is 0 Å². The Hall–Kier alpha value is -4.76. The molecule has 1 atom stereocenters. The fourth-order valence-corrected chi connectivity index (χ4v) is 7.43. The minimum Gasteiger partial charge on any atom is -0.497 e. The number of nitrogens with one attached hydrogen (secondary N) is 1. The lowest BCUT2D eigenvalue weighted by atomic mass is 9.96. The zero-order valence-electron chi connectivity index (χ0n) is 25.4. The Kier molecular flexibility index (Phi) is 9.51. The van der Waals surface area contributed by atoms with E-state index < -0.39 is 22.5 Å². The zero-order valence-corrected chi connectivity index (χ0v) is 28.5. The molecular weight excluding hydrogens is 699 g/mol. The van der Waals surface area contributed by atoms with Crippen molar-refractivity contribution in [1.82, 2.24) is 19.7 Å². The van der Waals surface area contributed by atoms with Crippen molar-refractivity contribution >= 4 is 64.0 Å². The molecule has 244 valence electrons. The summed E-state index contributed by atoms with van der Waals surface area (Å²) in [4.78, 5) is 48.4. The number of nitro benzene ring substituents is 1. The number of benzene rings is 3. The fourth-order valence-electron chi connectivity index (χ4n) is 5.09. The summed E-state index contributed by atoms with van der Waals surface area (Å²) in [6.45, 7) is 3.55. The molecular formula is C32H24Cl2N6O6S2. The van der Waals surface area contributed by atoms with Gasteiger partial charge in [-0.1, -0.05) is 52.7 Å². The predicted octanol–water partition coefficient (Wildman–Crippen LogP) is 5.96. The van der Waals surface area contributed by atoms with Gasteiger partial charge < -0.3 is 9.47 Å². The molecule has 48 heavy (non-hydrogen) atoms. The number of thiazole rings is 1. The number of fused-ring (bicyclic) bond motifs is 1. The molecule has 12 nitrogen and oxygen atoms in total. The number of rotatable bonds is 9. The highest BCUT2D eigenvalue weighted by Gasteiger charge is 2.33. The van der Waals surface area contributed by atoms with E-state index in [1.807, 2.05) is 0 Å². The number of halogens is 2. The molecule has 5 aromatic rings. The highest BCUT2D eigenvalue weighted by Crippen LogP contribution is 2.36. The molecule has 0 aliphatic carbocycles. The van der Waals surface area contributed by atoms with Gasteiger partial charge in [0.25, 0.3) is 11.2 Å². The predicted molar refractivity (Wildman–Crippen MR) is 182 cm³/mol. The van der Waals surface area contributed by atoms with Crippen LogP contribution in [0, 0.1) is 10.1 Å². The van der Waals surface area contributed by atoms with Crippen LogP contribution in [-0.4, -0.2) is 44.4 Å². The fraction of sp³-hybridized carbons (Fsp3) is 0.156. The molecule has 1 N–H and O–H groups in total. The Bertz CT molecular complexity index is 2300. The number of methoxy groups -OCH3 is 1. The molecule has 3 heterocycles. The van der Waals surface area contributed by atoms with Gasteiger partial charge in [-0.05, 0) is 79.2 Å². The topological polar surface area (TPSA) is 155 Å². The highest BCUT2D eigenvalue weighted by molar-refractivity contribution is 7.99. The molecule has 0 saturated heterocycles. The van der Waals surface area contributed by atoms with E-state index in [0.717, 1.165) is 23.1 Å². The van der Waals surface area contributed by atoms with Crippen LogP contribution < -0.4 is 19.6 Å². The van der Waals surface area contributed by atoms with E-state index >= 15 is 0 Å². The quantitative estimate of drug-likeness (QED) is 0.110. The molecule has 6 rings (SSSR count). The maximum absolute atomic E-state index is 14.0. The molecule has 0 radical (unpaired) electrons. The van der Waals surface area contributed by atoms with Crippen molar-refractivity contribution in [2.24, 2.45) is 4.99 Å². The van der Waals surface area contributed by atoms with Crippen LogP contribution in [0.15, 0.2) is 91.8 Å². The lowest BCUT2D eigenvalue weighted by Crippen LogP contribution is -2.39. The van der Waals surface area contributed by atoms with Gasteiger partial charge in [-0.2, -0.15) is 0 Å². The van der Waals surface area contributed by atoms with Crippen molar-refractivity contribution < 1.29 is 19.2 Å². The maximum Gasteiger partial charge on any atom is 0.338 e. The zero-order chi connectivity index (χ0) is 34.1. The van der Waals surface area contributed by atoms with Gasteiger partial charge in [0, 0.05) is 16.7 Å². The molecule has 0 amide bonds. The first-order valence-electron chi connectivity index (χ1n) is 14.3. The molecule has 2 aromatic heterocycles. The SMILES string of the molecule is CCOC(=O)C1=C(C)N=c2s/c(=C/c3ccc(Sc4n[nH]c(-c5ccc(Cl)cc5Cl)n4)c([N+](=O)[O-])c3)c(=O)n2[C@H]1c1ccc(OC)cc1. The Labute approximate surface area is 290 Å². The Morgan fingerprint density at radius 1 is 1.17 bits per heavy atom. The van der Waals surface area contributed by atoms with Crippen molar-refractivity contribution in [3.8, 4) is 17.1 Å². The third kappa shape index (κ3) is 6.52. The van der Waals surface area contributed by atoms with Crippen LogP contribution in [0.25, 0.3) is 17.5 Å². The minimum atomic E-state index is -0.810. The largest absolute Gasteiger partial charge is 0.497 e. The number of aromatic nitrogens is 4. The van der Waals surface area contributed by atoms with Crippen LogP contribution in [0.2, 0.25) is 10.0 Å². The number of nitrogens with zero attached hydrogens (tertiary/aromatic N) is 5. The van der Waals surface area contributed by atoms with Gasteiger partial charge in [0.05, 0.1) is 50.4 Å². The van der Waals surface area contributed by atoms with Crippen LogP contribution in [0.1, 0.15) is 31.0 Å². The average molecular weight is 724 g/mol. The first-order chi connectivity index (χ1) is 23.1. The van der Waals surface area contributed by atoms with E-state index in [-0.39, 0.29) is 27.6 Å². The number of carbonyl (C=O) groups excluding carboxylic acids is 1. The first kappa shape index (κ1) is 33.2. The number of nitro groups is 1. The molecule has 1 aliphatic rings. The van der Waals surface area contributed by atoms with Gasteiger partial charge in [0.1, 0.15) is 5.75 Å². The number of carbonyl (C=O) groups is 1. The van der Waals surface area contributed by atoms with Crippen LogP contribution in [0.4, 0.5) is 5.69 Å². The Morgan fingerprint density at radius 2 is 1.94 bits per heavy atom. The van der Waals surface area contributed by atoms with Gasteiger partial charge in [-0.15, -0.1) is 5.10 Å². The second kappa shape index (κ2) is 13.8. The van der Waals surface area contributed by atoms with Crippen molar-refractivity contribution in [3.05, 3.63) is 123 Å². The van der Waals surface area contributed by atoms with E-state index in [1.54, 1.807) is 81.6 Å². The summed E-state index contributed by atoms with van der Waals surface area (Å²) in [7, 11) is 1.55. The van der Waals surface area contributed by atoms with Crippen molar-refractivity contribution in [2.75, 3.05) is 13.7 Å². The number of aromatic amines is 1. The molecule has 3 aromatic carbocycles. The summed E-state index contributed by atoms with van der Waals surface area (Å²) < 4.78 is 12.4. The summed E-state index contributed by atoms with van der Waals surface area (Å²) in [5, 5.41) is 20.2. The van der Waals surface area contributed by atoms with Crippen LogP contribution in [0.5, 0.6) is 5.75 Å². The number of hydrogen-bond donors (Lipinski definition) is 1. The third-order valence-corrected chi connectivity index (χ3v) is 9.74. The van der Waals surface area contributed by atoms with E-state index in [1.165, 1.54) is 10.6 Å². The minimum absolute atomic E-state index is 0.149. The van der Waals surface area contributed by atoms with Crippen LogP contribution in [0.3, 0.4) is 0 Å². The molecule has 0 unspecified atom stereocenters. The lowest BCUT2D eigenvalue weighted by Gasteiger charge is -2.24. The third-order valence-electron chi connectivity index (χ3n) is 7.28. The average Bonchev–Trinajstić information content (AvgIpc) is 3.64. The number of H-pyrrole nitrogens is 1. The van der Waals surface area contributed by atoms with E-state index in [9.17, 15) is 19.7 Å². The summed E-state index contributed by atoms with van der Waals surface area (Å²) >= 11 is 14.4. The second-order valence-electron chi connectivity index (χ2n) is 10.3. The van der Waals surface area contributed by atoms with Gasteiger partial charge >= 0.3 is 5.97 Å². The smallest absolute Gasteiger partial charge is 0.338 e. The molecule has 16 heteroatoms. The number of ether oxygens (including phenoxy) is 2. The number of esters is 1. The molecule has 0 fully saturated rings. The normalized spacial score (nSPS) is 14.4. The maximum atomic E-state index is 14.0. The Morgan fingerprint density at radius 3 is 2.62 bits per heavy atom. The standard InChI is InChI=1S/C32H24Cl2N6O6S2/c1-4-46-30(42)26-16(2)35-32-39(27(26)18-6-9-20(45-3)10-7-18)29(41)25(48-32)14-17-5-12-24(23(13-17)40(43)44)47-31-36-28(37-38-31)21-11-8-19(33)15-22(21)34/h5-15,27H,4H2,1-3H3,(H,36,37,38)/b25-14+/t27-/m0/s1. The van der Waals surface area contributed by atoms with Crippen molar-refractivity contribution in [1.29, 1.82) is 0 Å². The van der Waals surface area contributed by atoms with E-state index in [0.29, 0.717) is 53.7 Å². The van der Waals surface area contributed by atoms with Gasteiger partial charge in [-0.25, -0.2) is 14.8 Å². The lowest BCUT2D eigenvalue weighted by molar-refractivity contribution is -0.387. The molecule has 0 spiro atoms. The second-order valence-corrected chi connectivity index (χ2v) is 13.1. The van der Waals surface area contributed by atoms with E-state index in [4.69, 9.17) is 32.7 Å². The molecule has 0 bridgehead atoms. The molecule has 1 aliphatic heterocycles. The number of allylic oxidation sites excluding steroid dienone is 1. The summed E-state index contributed by atoms with van der Waals surface area (Å²) in [6, 6.07) is 15.8. The first-order valence-corrected chi connectivity index (χ1v) is 16.6. The van der Waals surface area contributed by atoms with Gasteiger partial charge in [0.15, 0.2) is 10.6 Å². The summed E-state index contributed by atoms with van der Waals surface area (Å²) in [5.41, 5.74) is 1.70. The monoisotopic (exact) mass is 722 g/mol. The van der Waals surface area contributed by atoms with E-state index in [2.05, 4.69) is 20.2 Å². The van der Waals surface area contributed by atoms with Gasteiger partial charge in [-0.3, -0.25) is 24.6 Å². The number of hydrogen-bond acceptors (Lipinski definition) is 11. The van der Waals surface area contributed by atoms with Crippen molar-refractivity contribution in [2.45, 2.75) is 29.9 Å². The summed E-state index contributed by atoms with van der Waals surface area (Å²) in [5.74, 6) is 0.415. The Balaban J connectivity index is 1.37. The highest BCUT2D eigenvalue weighted by atomic mass is 35.5. The van der Waals surface area contributed by atoms with Gasteiger partial charge in [0.2, 0.25) is 5.16 Å². The molecule has 0 saturated carbocycles. The van der Waals surface area contributed by atoms with Crippen LogP contribution >= 0.6 is 46.3 Å². The summed E-state index contributed by atoms with van der Waals surface area (Å²) in [6.07, 6.45) is 1.56.